The van der Waals surface area contributed by atoms with Crippen LogP contribution in [0.4, 0.5) is 11.6 Å². The van der Waals surface area contributed by atoms with Gasteiger partial charge in [0.2, 0.25) is 11.9 Å². The van der Waals surface area contributed by atoms with Crippen LogP contribution in [0.1, 0.15) is 23.0 Å². The Balaban J connectivity index is 1.76. The van der Waals surface area contributed by atoms with Crippen molar-refractivity contribution in [2.45, 2.75) is 20.0 Å². The van der Waals surface area contributed by atoms with Crippen molar-refractivity contribution in [2.24, 2.45) is 4.99 Å². The van der Waals surface area contributed by atoms with E-state index in [1.165, 1.54) is 6.07 Å². The third-order valence-corrected chi connectivity index (χ3v) is 4.50. The average Bonchev–Trinajstić information content (AvgIpc) is 2.67. The predicted octanol–water partition coefficient (Wildman–Crippen LogP) is 3.31. The fourth-order valence-corrected chi connectivity index (χ4v) is 3.18. The zero-order valence-electron chi connectivity index (χ0n) is 15.9. The smallest absolute Gasteiger partial charge is 0.257 e. The van der Waals surface area contributed by atoms with Gasteiger partial charge in [0.1, 0.15) is 5.75 Å². The van der Waals surface area contributed by atoms with E-state index in [-0.39, 0.29) is 5.56 Å². The minimum Gasteiger partial charge on any atom is -0.497 e. The van der Waals surface area contributed by atoms with E-state index in [9.17, 15) is 4.79 Å². The highest BCUT2D eigenvalue weighted by Gasteiger charge is 2.25. The number of hydrogen-bond acceptors (Lipinski definition) is 6. The van der Waals surface area contributed by atoms with Crippen LogP contribution in [0.5, 0.6) is 5.75 Å². The van der Waals surface area contributed by atoms with E-state index in [0.29, 0.717) is 17.6 Å². The molecule has 0 amide bonds. The average molecular weight is 375 g/mol. The summed E-state index contributed by atoms with van der Waals surface area (Å²) in [5, 5.41) is 6.38. The molecule has 1 atom stereocenters. The topological polar surface area (TPSA) is 80.5 Å². The zero-order valence-corrected chi connectivity index (χ0v) is 15.9. The number of aromatic nitrogens is 2. The van der Waals surface area contributed by atoms with Crippen molar-refractivity contribution in [1.82, 2.24) is 9.55 Å². The number of fused-ring (bicyclic) bond motifs is 1. The van der Waals surface area contributed by atoms with Crippen molar-refractivity contribution in [3.05, 3.63) is 81.8 Å². The molecule has 0 saturated carbocycles. The summed E-state index contributed by atoms with van der Waals surface area (Å²) in [7, 11) is 1.63. The van der Waals surface area contributed by atoms with E-state index >= 15 is 0 Å². The lowest BCUT2D eigenvalue weighted by molar-refractivity contribution is 0.415. The number of nitrogens with one attached hydrogen (secondary N) is 2. The van der Waals surface area contributed by atoms with Gasteiger partial charge >= 0.3 is 0 Å². The highest BCUT2D eigenvalue weighted by molar-refractivity contribution is 6.03. The first kappa shape index (κ1) is 17.8. The van der Waals surface area contributed by atoms with E-state index in [1.54, 1.807) is 18.6 Å². The lowest BCUT2D eigenvalue weighted by atomic mass is 10.1. The standard InChI is InChI=1S/C21H21N5O2/c1-13-5-4-6-15(11-13)19-24-20(23-16-7-9-17(28-3)10-8-16)25-21-22-14(2)12-18(27)26(19)21/h4-12,19H,1-3H3,(H2,22,23,24,25)/t19-/m1/s1. The summed E-state index contributed by atoms with van der Waals surface area (Å²) in [6, 6.07) is 17.0. The summed E-state index contributed by atoms with van der Waals surface area (Å²) in [5.74, 6) is 1.76. The molecule has 0 radical (unpaired) electrons. The molecule has 2 heterocycles. The van der Waals surface area contributed by atoms with Gasteiger partial charge in [-0.25, -0.2) is 9.98 Å². The van der Waals surface area contributed by atoms with Gasteiger partial charge in [-0.3, -0.25) is 14.7 Å². The van der Waals surface area contributed by atoms with Crippen LogP contribution in [-0.4, -0.2) is 22.6 Å². The molecule has 1 aliphatic heterocycles. The maximum atomic E-state index is 12.7. The van der Waals surface area contributed by atoms with Crippen molar-refractivity contribution >= 4 is 17.6 Å². The first-order chi connectivity index (χ1) is 13.5. The SMILES string of the molecule is COc1ccc(NC2=N[C@@H](c3cccc(C)c3)n3c(nc(C)cc3=O)N2)cc1. The molecule has 28 heavy (non-hydrogen) atoms. The number of nitrogens with zero attached hydrogens (tertiary/aromatic N) is 3. The number of ether oxygens (including phenoxy) is 1. The first-order valence-corrected chi connectivity index (χ1v) is 8.96. The molecule has 0 aliphatic carbocycles. The molecular weight excluding hydrogens is 354 g/mol. The summed E-state index contributed by atoms with van der Waals surface area (Å²) in [4.78, 5) is 21.9. The third kappa shape index (κ3) is 3.46. The number of rotatable bonds is 3. The Morgan fingerprint density at radius 3 is 2.61 bits per heavy atom. The van der Waals surface area contributed by atoms with Crippen LogP contribution in [0.15, 0.2) is 64.4 Å². The van der Waals surface area contributed by atoms with Crippen molar-refractivity contribution in [3.63, 3.8) is 0 Å². The molecule has 7 nitrogen and oxygen atoms in total. The minimum absolute atomic E-state index is 0.145. The number of benzene rings is 2. The molecule has 4 rings (SSSR count). The Morgan fingerprint density at radius 2 is 1.89 bits per heavy atom. The number of methoxy groups -OCH3 is 1. The van der Waals surface area contributed by atoms with Gasteiger partial charge in [-0.2, -0.15) is 0 Å². The summed E-state index contributed by atoms with van der Waals surface area (Å²) in [5.41, 5.74) is 3.37. The predicted molar refractivity (Wildman–Crippen MR) is 110 cm³/mol. The van der Waals surface area contributed by atoms with E-state index in [0.717, 1.165) is 22.6 Å². The van der Waals surface area contributed by atoms with Gasteiger partial charge in [0.25, 0.3) is 5.56 Å². The monoisotopic (exact) mass is 375 g/mol. The number of guanidine groups is 1. The molecule has 1 aromatic heterocycles. The van der Waals surface area contributed by atoms with Crippen molar-refractivity contribution in [3.8, 4) is 5.75 Å². The molecule has 1 aliphatic rings. The molecular formula is C21H21N5O2. The molecule has 3 aromatic rings. The fraction of sp³-hybridized carbons (Fsp3) is 0.190. The molecule has 0 spiro atoms. The second-order valence-electron chi connectivity index (χ2n) is 6.67. The summed E-state index contributed by atoms with van der Waals surface area (Å²) < 4.78 is 6.77. The second kappa shape index (κ2) is 7.19. The Labute approximate surface area is 162 Å². The van der Waals surface area contributed by atoms with Crippen molar-refractivity contribution < 1.29 is 4.74 Å². The zero-order chi connectivity index (χ0) is 19.7. The lowest BCUT2D eigenvalue weighted by Crippen LogP contribution is -2.37. The quantitative estimate of drug-likeness (QED) is 0.734. The third-order valence-electron chi connectivity index (χ3n) is 4.50. The Morgan fingerprint density at radius 1 is 1.11 bits per heavy atom. The van der Waals surface area contributed by atoms with Gasteiger partial charge in [0, 0.05) is 17.4 Å². The number of aliphatic imine (C=N–C) groups is 1. The fourth-order valence-electron chi connectivity index (χ4n) is 3.18. The first-order valence-electron chi connectivity index (χ1n) is 8.96. The highest BCUT2D eigenvalue weighted by Crippen LogP contribution is 2.26. The van der Waals surface area contributed by atoms with E-state index in [4.69, 9.17) is 9.73 Å². The van der Waals surface area contributed by atoms with Gasteiger partial charge < -0.3 is 10.1 Å². The van der Waals surface area contributed by atoms with Crippen LogP contribution in [0, 0.1) is 13.8 Å². The van der Waals surface area contributed by atoms with Crippen LogP contribution in [-0.2, 0) is 0 Å². The summed E-state index contributed by atoms with van der Waals surface area (Å²) in [6.45, 7) is 3.82. The van der Waals surface area contributed by atoms with Gasteiger partial charge in [-0.1, -0.05) is 29.8 Å². The normalized spacial score (nSPS) is 15.2. The Kier molecular flexibility index (Phi) is 4.57. The molecule has 0 fully saturated rings. The maximum Gasteiger partial charge on any atom is 0.257 e. The molecule has 2 aromatic carbocycles. The van der Waals surface area contributed by atoms with Crippen LogP contribution >= 0.6 is 0 Å². The lowest BCUT2D eigenvalue weighted by Gasteiger charge is -2.27. The van der Waals surface area contributed by atoms with E-state index in [1.807, 2.05) is 55.5 Å². The maximum absolute atomic E-state index is 12.7. The summed E-state index contributed by atoms with van der Waals surface area (Å²) >= 11 is 0. The Bertz CT molecular complexity index is 1100. The van der Waals surface area contributed by atoms with E-state index < -0.39 is 6.17 Å². The van der Waals surface area contributed by atoms with Crippen LogP contribution in [0.2, 0.25) is 0 Å². The Hall–Kier alpha value is -3.61. The number of hydrogen-bond donors (Lipinski definition) is 2. The largest absolute Gasteiger partial charge is 0.497 e. The summed E-state index contributed by atoms with van der Waals surface area (Å²) in [6.07, 6.45) is -0.502. The van der Waals surface area contributed by atoms with Crippen molar-refractivity contribution in [1.29, 1.82) is 0 Å². The van der Waals surface area contributed by atoms with Gasteiger partial charge in [-0.15, -0.1) is 0 Å². The molecule has 0 bridgehead atoms. The molecule has 0 saturated heterocycles. The van der Waals surface area contributed by atoms with Crippen LogP contribution in [0.3, 0.4) is 0 Å². The van der Waals surface area contributed by atoms with Crippen LogP contribution < -0.4 is 20.9 Å². The molecule has 142 valence electrons. The van der Waals surface area contributed by atoms with Gasteiger partial charge in [-0.05, 0) is 43.7 Å². The second-order valence-corrected chi connectivity index (χ2v) is 6.67. The number of anilines is 2. The van der Waals surface area contributed by atoms with Gasteiger partial charge in [0.05, 0.1) is 7.11 Å². The number of aryl methyl sites for hydroxylation is 2. The molecule has 0 unspecified atom stereocenters. The van der Waals surface area contributed by atoms with Crippen LogP contribution in [0.25, 0.3) is 0 Å². The van der Waals surface area contributed by atoms with Crippen molar-refractivity contribution in [2.75, 3.05) is 17.7 Å². The van der Waals surface area contributed by atoms with E-state index in [2.05, 4.69) is 15.6 Å². The highest BCUT2D eigenvalue weighted by atomic mass is 16.5. The molecule has 7 heteroatoms. The minimum atomic E-state index is -0.502. The molecule has 2 N–H and O–H groups in total. The van der Waals surface area contributed by atoms with Gasteiger partial charge in [0.15, 0.2) is 6.17 Å².